The summed E-state index contributed by atoms with van der Waals surface area (Å²) in [5.74, 6) is -0.199. The van der Waals surface area contributed by atoms with Crippen LogP contribution in [0.1, 0.15) is 18.2 Å². The number of nitro groups is 1. The van der Waals surface area contributed by atoms with Crippen LogP contribution in [0.25, 0.3) is 11.3 Å². The van der Waals surface area contributed by atoms with Gasteiger partial charge in [-0.1, -0.05) is 0 Å². The highest BCUT2D eigenvalue weighted by atomic mass is 35.5. The Morgan fingerprint density at radius 3 is 2.78 bits per heavy atom. The van der Waals surface area contributed by atoms with Gasteiger partial charge in [0, 0.05) is 11.6 Å². The van der Waals surface area contributed by atoms with E-state index in [0.717, 1.165) is 12.1 Å². The smallest absolute Gasteiger partial charge is 0.273 e. The molecule has 2 rings (SSSR count). The van der Waals surface area contributed by atoms with E-state index in [4.69, 9.17) is 16.0 Å². The van der Waals surface area contributed by atoms with Crippen molar-refractivity contribution in [1.29, 1.82) is 0 Å². The second-order valence-corrected chi connectivity index (χ2v) is 4.29. The van der Waals surface area contributed by atoms with E-state index in [1.54, 1.807) is 6.92 Å². The normalized spacial score (nSPS) is 12.4. The highest BCUT2D eigenvalue weighted by Crippen LogP contribution is 2.28. The van der Waals surface area contributed by atoms with Crippen molar-refractivity contribution >= 4 is 17.3 Å². The fourth-order valence-electron chi connectivity index (χ4n) is 1.43. The molecule has 0 aliphatic carbocycles. The van der Waals surface area contributed by atoms with Crippen LogP contribution in [-0.4, -0.2) is 9.91 Å². The highest BCUT2D eigenvalue weighted by Gasteiger charge is 2.15. The van der Waals surface area contributed by atoms with Gasteiger partial charge in [0.2, 0.25) is 5.89 Å². The molecule has 2 aromatic rings. The largest absolute Gasteiger partial charge is 0.439 e. The summed E-state index contributed by atoms with van der Waals surface area (Å²) < 4.78 is 18.5. The Morgan fingerprint density at radius 1 is 1.50 bits per heavy atom. The summed E-state index contributed by atoms with van der Waals surface area (Å²) >= 11 is 5.78. The van der Waals surface area contributed by atoms with Gasteiger partial charge in [0.1, 0.15) is 11.2 Å². The minimum atomic E-state index is -0.712. The fourth-order valence-corrected chi connectivity index (χ4v) is 1.53. The summed E-state index contributed by atoms with van der Waals surface area (Å²) in [6, 6.07) is 3.19. The number of nitro benzene ring substituents is 1. The highest BCUT2D eigenvalue weighted by molar-refractivity contribution is 6.20. The third-order valence-electron chi connectivity index (χ3n) is 2.24. The van der Waals surface area contributed by atoms with Gasteiger partial charge in [-0.25, -0.2) is 9.37 Å². The molecule has 5 nitrogen and oxygen atoms in total. The molecule has 0 saturated heterocycles. The van der Waals surface area contributed by atoms with Crippen molar-refractivity contribution in [3.63, 3.8) is 0 Å². The molecule has 1 aromatic heterocycles. The molecule has 0 spiro atoms. The summed E-state index contributed by atoms with van der Waals surface area (Å²) in [7, 11) is 0. The molecular formula is C11H8ClFN2O3. The van der Waals surface area contributed by atoms with Crippen molar-refractivity contribution in [3.05, 3.63) is 46.2 Å². The van der Waals surface area contributed by atoms with Crippen LogP contribution >= 0.6 is 11.6 Å². The van der Waals surface area contributed by atoms with E-state index in [1.807, 2.05) is 0 Å². The summed E-state index contributed by atoms with van der Waals surface area (Å²) in [4.78, 5) is 13.9. The molecule has 1 heterocycles. The second-order valence-electron chi connectivity index (χ2n) is 3.63. The lowest BCUT2D eigenvalue weighted by atomic mass is 10.1. The zero-order chi connectivity index (χ0) is 13.3. The van der Waals surface area contributed by atoms with Crippen LogP contribution in [0.4, 0.5) is 10.1 Å². The minimum absolute atomic E-state index is 0.236. The van der Waals surface area contributed by atoms with Crippen molar-refractivity contribution in [2.45, 2.75) is 12.3 Å². The summed E-state index contributed by atoms with van der Waals surface area (Å²) in [5.41, 5.74) is -0.0976. The zero-order valence-corrected chi connectivity index (χ0v) is 10.0. The fraction of sp³-hybridized carbons (Fsp3) is 0.182. The van der Waals surface area contributed by atoms with Crippen LogP contribution in [0.3, 0.4) is 0 Å². The maximum Gasteiger partial charge on any atom is 0.273 e. The number of halogens is 2. The van der Waals surface area contributed by atoms with Gasteiger partial charge in [-0.2, -0.15) is 0 Å². The van der Waals surface area contributed by atoms with Crippen LogP contribution in [0.5, 0.6) is 0 Å². The lowest BCUT2D eigenvalue weighted by molar-refractivity contribution is -0.385. The Morgan fingerprint density at radius 2 is 2.22 bits per heavy atom. The number of alkyl halides is 1. The summed E-state index contributed by atoms with van der Waals surface area (Å²) in [6.45, 7) is 1.67. The first kappa shape index (κ1) is 12.5. The molecule has 1 aromatic carbocycles. The maximum atomic E-state index is 13.2. The predicted molar refractivity (Wildman–Crippen MR) is 62.8 cm³/mol. The lowest BCUT2D eigenvalue weighted by Crippen LogP contribution is -1.90. The molecular weight excluding hydrogens is 263 g/mol. The van der Waals surface area contributed by atoms with Crippen molar-refractivity contribution < 1.29 is 13.7 Å². The Kier molecular flexibility index (Phi) is 3.29. The number of aromatic nitrogens is 1. The lowest BCUT2D eigenvalue weighted by Gasteiger charge is -1.98. The standard InChI is InChI=1S/C11H8ClFN2O3/c1-6(12)11-14-5-10(18-11)7-2-8(13)4-9(3-7)15(16)17/h2-6H,1H3. The third kappa shape index (κ3) is 2.48. The Balaban J connectivity index is 2.46. The van der Waals surface area contributed by atoms with Crippen molar-refractivity contribution in [1.82, 2.24) is 4.98 Å². The van der Waals surface area contributed by atoms with E-state index in [0.29, 0.717) is 0 Å². The van der Waals surface area contributed by atoms with Crippen LogP contribution in [0, 0.1) is 15.9 Å². The third-order valence-corrected chi connectivity index (χ3v) is 2.43. The van der Waals surface area contributed by atoms with Gasteiger partial charge in [-0.05, 0) is 13.0 Å². The van der Waals surface area contributed by atoms with Crippen LogP contribution < -0.4 is 0 Å². The van der Waals surface area contributed by atoms with Gasteiger partial charge in [0.15, 0.2) is 5.76 Å². The van der Waals surface area contributed by atoms with Gasteiger partial charge in [-0.15, -0.1) is 11.6 Å². The SMILES string of the molecule is CC(Cl)c1ncc(-c2cc(F)cc([N+](=O)[O-])c2)o1. The van der Waals surface area contributed by atoms with Crippen LogP contribution in [0.15, 0.2) is 28.8 Å². The van der Waals surface area contributed by atoms with Gasteiger partial charge >= 0.3 is 0 Å². The Labute approximate surface area is 106 Å². The average Bonchev–Trinajstić information content (AvgIpc) is 2.77. The molecule has 0 N–H and O–H groups in total. The first-order valence-corrected chi connectivity index (χ1v) is 5.46. The van der Waals surface area contributed by atoms with Gasteiger partial charge in [0.25, 0.3) is 5.69 Å². The number of hydrogen-bond acceptors (Lipinski definition) is 4. The van der Waals surface area contributed by atoms with E-state index < -0.39 is 16.1 Å². The molecule has 0 amide bonds. The predicted octanol–water partition coefficient (Wildman–Crippen LogP) is 3.69. The van der Waals surface area contributed by atoms with Crippen LogP contribution in [0.2, 0.25) is 0 Å². The van der Waals surface area contributed by atoms with E-state index in [1.165, 1.54) is 12.3 Å². The molecule has 94 valence electrons. The molecule has 0 bridgehead atoms. The number of hydrogen-bond donors (Lipinski definition) is 0. The molecule has 0 aliphatic heterocycles. The first-order chi connectivity index (χ1) is 8.47. The monoisotopic (exact) mass is 270 g/mol. The summed E-state index contributed by atoms with van der Waals surface area (Å²) in [5, 5.41) is 10.2. The van der Waals surface area contributed by atoms with E-state index in [9.17, 15) is 14.5 Å². The quantitative estimate of drug-likeness (QED) is 0.484. The Bertz CT molecular complexity index is 598. The molecule has 0 radical (unpaired) electrons. The first-order valence-electron chi connectivity index (χ1n) is 5.02. The molecule has 0 saturated carbocycles. The number of nitrogens with zero attached hydrogens (tertiary/aromatic N) is 2. The van der Waals surface area contributed by atoms with Crippen molar-refractivity contribution in [2.75, 3.05) is 0 Å². The van der Waals surface area contributed by atoms with Crippen molar-refractivity contribution in [2.24, 2.45) is 0 Å². The molecule has 1 unspecified atom stereocenters. The van der Waals surface area contributed by atoms with Gasteiger partial charge < -0.3 is 4.42 Å². The topological polar surface area (TPSA) is 69.2 Å². The van der Waals surface area contributed by atoms with Crippen molar-refractivity contribution in [3.8, 4) is 11.3 Å². The molecule has 7 heteroatoms. The number of rotatable bonds is 3. The second kappa shape index (κ2) is 4.73. The average molecular weight is 271 g/mol. The van der Waals surface area contributed by atoms with E-state index in [2.05, 4.69) is 4.98 Å². The number of benzene rings is 1. The zero-order valence-electron chi connectivity index (χ0n) is 9.26. The molecule has 1 atom stereocenters. The van der Waals surface area contributed by atoms with Crippen LogP contribution in [-0.2, 0) is 0 Å². The molecule has 0 aliphatic rings. The van der Waals surface area contributed by atoms with E-state index in [-0.39, 0.29) is 22.9 Å². The van der Waals surface area contributed by atoms with Gasteiger partial charge in [0.05, 0.1) is 17.2 Å². The number of non-ortho nitro benzene ring substituents is 1. The molecule has 0 fully saturated rings. The minimum Gasteiger partial charge on any atom is -0.439 e. The maximum absolute atomic E-state index is 13.2. The summed E-state index contributed by atoms with van der Waals surface area (Å²) in [6.07, 6.45) is 1.35. The van der Waals surface area contributed by atoms with E-state index >= 15 is 0 Å². The van der Waals surface area contributed by atoms with Gasteiger partial charge in [-0.3, -0.25) is 10.1 Å². The molecule has 18 heavy (non-hydrogen) atoms. The number of oxazole rings is 1. The Hall–Kier alpha value is -1.95.